The molecule has 1 aromatic rings. The summed E-state index contributed by atoms with van der Waals surface area (Å²) in [4.78, 5) is 28.8. The van der Waals surface area contributed by atoms with Gasteiger partial charge < -0.3 is 15.3 Å². The summed E-state index contributed by atoms with van der Waals surface area (Å²) in [5, 5.41) is 14.5. The minimum atomic E-state index is -1.01. The molecule has 1 atom stereocenters. The summed E-state index contributed by atoms with van der Waals surface area (Å²) >= 11 is 1.52. The van der Waals surface area contributed by atoms with Gasteiger partial charge in [-0.1, -0.05) is 13.8 Å². The topological polar surface area (TPSA) is 82.5 Å². The Bertz CT molecular complexity index is 473. The first-order chi connectivity index (χ1) is 9.29. The Labute approximate surface area is 122 Å². The quantitative estimate of drug-likeness (QED) is 0.842. The Kier molecular flexibility index (Phi) is 5.94. The fraction of sp³-hybridized carbons (Fsp3) is 0.615. The van der Waals surface area contributed by atoms with Crippen LogP contribution in [-0.4, -0.2) is 40.1 Å². The monoisotopic (exact) mass is 299 g/mol. The van der Waals surface area contributed by atoms with Crippen molar-refractivity contribution in [2.24, 2.45) is 5.92 Å². The molecular weight excluding hydrogens is 278 g/mol. The molecule has 0 saturated carbocycles. The maximum atomic E-state index is 12.0. The van der Waals surface area contributed by atoms with Crippen molar-refractivity contribution in [1.82, 2.24) is 15.2 Å². The molecule has 6 nitrogen and oxygen atoms in total. The number of nitrogens with zero attached hydrogens (tertiary/aromatic N) is 2. The van der Waals surface area contributed by atoms with E-state index >= 15 is 0 Å². The summed E-state index contributed by atoms with van der Waals surface area (Å²) in [6.07, 6.45) is 0.407. The largest absolute Gasteiger partial charge is 0.480 e. The standard InChI is InChI=1S/C13H21N3O3S/c1-8(2)5-11(12(17)18)15-13(19)16(4)6-10-7-20-9(3)14-10/h7-8,11H,5-6H2,1-4H3,(H,15,19)(H,17,18). The molecule has 0 aliphatic carbocycles. The number of carbonyl (C=O) groups is 2. The number of nitrogens with one attached hydrogen (secondary N) is 1. The molecule has 0 bridgehead atoms. The van der Waals surface area contributed by atoms with Gasteiger partial charge in [0.15, 0.2) is 0 Å². The van der Waals surface area contributed by atoms with Gasteiger partial charge in [0.1, 0.15) is 6.04 Å². The molecular formula is C13H21N3O3S. The summed E-state index contributed by atoms with van der Waals surface area (Å²) in [5.74, 6) is -0.812. The van der Waals surface area contributed by atoms with Gasteiger partial charge in [0.05, 0.1) is 17.2 Å². The van der Waals surface area contributed by atoms with Crippen LogP contribution in [-0.2, 0) is 11.3 Å². The Hall–Kier alpha value is -1.63. The van der Waals surface area contributed by atoms with Gasteiger partial charge in [-0.05, 0) is 19.3 Å². The van der Waals surface area contributed by atoms with E-state index in [2.05, 4.69) is 10.3 Å². The Morgan fingerprint density at radius 1 is 1.50 bits per heavy atom. The molecule has 1 rings (SSSR count). The number of rotatable bonds is 6. The summed E-state index contributed by atoms with van der Waals surface area (Å²) in [6, 6.07) is -1.26. The molecule has 1 heterocycles. The van der Waals surface area contributed by atoms with Crippen LogP contribution in [0.4, 0.5) is 4.79 Å². The third kappa shape index (κ3) is 5.16. The number of hydrogen-bond donors (Lipinski definition) is 2. The van der Waals surface area contributed by atoms with Gasteiger partial charge in [-0.3, -0.25) is 0 Å². The van der Waals surface area contributed by atoms with Crippen LogP contribution in [0.1, 0.15) is 31.0 Å². The number of carboxylic acids is 1. The van der Waals surface area contributed by atoms with Crippen LogP contribution < -0.4 is 5.32 Å². The molecule has 0 saturated heterocycles. The highest BCUT2D eigenvalue weighted by molar-refractivity contribution is 7.09. The van der Waals surface area contributed by atoms with Crippen LogP contribution in [0, 0.1) is 12.8 Å². The van der Waals surface area contributed by atoms with E-state index in [0.717, 1.165) is 10.7 Å². The highest BCUT2D eigenvalue weighted by atomic mass is 32.1. The number of carboxylic acid groups (broad SMARTS) is 1. The zero-order chi connectivity index (χ0) is 15.3. The Morgan fingerprint density at radius 3 is 2.60 bits per heavy atom. The van der Waals surface area contributed by atoms with Crippen LogP contribution in [0.5, 0.6) is 0 Å². The van der Waals surface area contributed by atoms with Gasteiger partial charge in [0.25, 0.3) is 0 Å². The molecule has 0 fully saturated rings. The van der Waals surface area contributed by atoms with Crippen molar-refractivity contribution in [3.05, 3.63) is 16.1 Å². The van der Waals surface area contributed by atoms with E-state index in [4.69, 9.17) is 5.11 Å². The third-order valence-corrected chi connectivity index (χ3v) is 3.54. The SMILES string of the molecule is Cc1nc(CN(C)C(=O)NC(CC(C)C)C(=O)O)cs1. The van der Waals surface area contributed by atoms with Crippen LogP contribution in [0.25, 0.3) is 0 Å². The highest BCUT2D eigenvalue weighted by Gasteiger charge is 2.22. The van der Waals surface area contributed by atoms with E-state index < -0.39 is 18.0 Å². The second kappa shape index (κ2) is 7.23. The molecule has 2 N–H and O–H groups in total. The summed E-state index contributed by atoms with van der Waals surface area (Å²) in [5.41, 5.74) is 0.806. The van der Waals surface area contributed by atoms with Crippen molar-refractivity contribution in [2.75, 3.05) is 7.05 Å². The van der Waals surface area contributed by atoms with Gasteiger partial charge in [0.2, 0.25) is 0 Å². The average Bonchev–Trinajstić information content (AvgIpc) is 2.72. The predicted octanol–water partition coefficient (Wildman–Crippen LogP) is 2.09. The van der Waals surface area contributed by atoms with E-state index in [0.29, 0.717) is 13.0 Å². The number of aliphatic carboxylic acids is 1. The Balaban J connectivity index is 2.57. The van der Waals surface area contributed by atoms with Crippen molar-refractivity contribution in [1.29, 1.82) is 0 Å². The maximum absolute atomic E-state index is 12.0. The van der Waals surface area contributed by atoms with E-state index in [1.54, 1.807) is 7.05 Å². The number of thiazole rings is 1. The van der Waals surface area contributed by atoms with Crippen molar-refractivity contribution >= 4 is 23.3 Å². The fourth-order valence-corrected chi connectivity index (χ4v) is 2.35. The lowest BCUT2D eigenvalue weighted by atomic mass is 10.0. The van der Waals surface area contributed by atoms with Crippen LogP contribution in [0.3, 0.4) is 0 Å². The number of aromatic nitrogens is 1. The molecule has 112 valence electrons. The lowest BCUT2D eigenvalue weighted by molar-refractivity contribution is -0.139. The first-order valence-corrected chi connectivity index (χ1v) is 7.33. The van der Waals surface area contributed by atoms with Gasteiger partial charge in [-0.25, -0.2) is 14.6 Å². The molecule has 0 spiro atoms. The van der Waals surface area contributed by atoms with Crippen molar-refractivity contribution in [3.63, 3.8) is 0 Å². The summed E-state index contributed by atoms with van der Waals surface area (Å²) < 4.78 is 0. The number of aryl methyl sites for hydroxylation is 1. The second-order valence-electron chi connectivity index (χ2n) is 5.18. The molecule has 0 aliphatic heterocycles. The fourth-order valence-electron chi connectivity index (χ4n) is 1.75. The van der Waals surface area contributed by atoms with Crippen LogP contribution in [0.2, 0.25) is 0 Å². The number of urea groups is 1. The van der Waals surface area contributed by atoms with E-state index in [-0.39, 0.29) is 5.92 Å². The highest BCUT2D eigenvalue weighted by Crippen LogP contribution is 2.10. The lowest BCUT2D eigenvalue weighted by Gasteiger charge is -2.21. The minimum absolute atomic E-state index is 0.197. The average molecular weight is 299 g/mol. The van der Waals surface area contributed by atoms with Crippen molar-refractivity contribution in [3.8, 4) is 0 Å². The molecule has 0 radical (unpaired) electrons. The van der Waals surface area contributed by atoms with Gasteiger partial charge in [-0.2, -0.15) is 0 Å². The zero-order valence-electron chi connectivity index (χ0n) is 12.2. The van der Waals surface area contributed by atoms with Gasteiger partial charge in [-0.15, -0.1) is 11.3 Å². The van der Waals surface area contributed by atoms with E-state index in [1.807, 2.05) is 26.2 Å². The predicted molar refractivity (Wildman–Crippen MR) is 77.7 cm³/mol. The Morgan fingerprint density at radius 2 is 2.15 bits per heavy atom. The number of hydrogen-bond acceptors (Lipinski definition) is 4. The normalized spacial score (nSPS) is 12.2. The second-order valence-corrected chi connectivity index (χ2v) is 6.25. The molecule has 1 aromatic heterocycles. The van der Waals surface area contributed by atoms with Crippen LogP contribution >= 0.6 is 11.3 Å². The first kappa shape index (κ1) is 16.4. The van der Waals surface area contributed by atoms with Crippen molar-refractivity contribution < 1.29 is 14.7 Å². The van der Waals surface area contributed by atoms with Crippen LogP contribution in [0.15, 0.2) is 5.38 Å². The summed E-state index contributed by atoms with van der Waals surface area (Å²) in [7, 11) is 1.62. The molecule has 1 unspecified atom stereocenters. The molecule has 0 aliphatic rings. The molecule has 20 heavy (non-hydrogen) atoms. The molecule has 7 heteroatoms. The van der Waals surface area contributed by atoms with Gasteiger partial charge >= 0.3 is 12.0 Å². The maximum Gasteiger partial charge on any atom is 0.326 e. The third-order valence-electron chi connectivity index (χ3n) is 2.72. The first-order valence-electron chi connectivity index (χ1n) is 6.45. The number of amides is 2. The smallest absolute Gasteiger partial charge is 0.326 e. The zero-order valence-corrected chi connectivity index (χ0v) is 13.0. The van der Waals surface area contributed by atoms with Crippen molar-refractivity contribution in [2.45, 2.75) is 39.8 Å². The minimum Gasteiger partial charge on any atom is -0.480 e. The molecule has 0 aromatic carbocycles. The molecule has 2 amide bonds. The van der Waals surface area contributed by atoms with Gasteiger partial charge in [0, 0.05) is 12.4 Å². The van der Waals surface area contributed by atoms with E-state index in [1.165, 1.54) is 16.2 Å². The number of carbonyl (C=O) groups excluding carboxylic acids is 1. The van der Waals surface area contributed by atoms with E-state index in [9.17, 15) is 9.59 Å². The lowest BCUT2D eigenvalue weighted by Crippen LogP contribution is -2.47. The summed E-state index contributed by atoms with van der Waals surface area (Å²) in [6.45, 7) is 6.11.